The van der Waals surface area contributed by atoms with E-state index in [9.17, 15) is 14.9 Å². The fourth-order valence-corrected chi connectivity index (χ4v) is 2.31. The fourth-order valence-electron chi connectivity index (χ4n) is 1.92. The minimum absolute atomic E-state index is 0.00226. The van der Waals surface area contributed by atoms with Crippen molar-refractivity contribution >= 4 is 34.8 Å². The van der Waals surface area contributed by atoms with E-state index in [-0.39, 0.29) is 33.2 Å². The lowest BCUT2D eigenvalue weighted by atomic mass is 10.1. The average Bonchev–Trinajstić information content (AvgIpc) is 2.41. The van der Waals surface area contributed by atoms with Crippen molar-refractivity contribution in [2.75, 3.05) is 0 Å². The number of amides is 1. The first-order valence-electron chi connectivity index (χ1n) is 6.81. The third-order valence-electron chi connectivity index (χ3n) is 3.09. The van der Waals surface area contributed by atoms with Gasteiger partial charge in [0, 0.05) is 17.7 Å². The first-order chi connectivity index (χ1) is 9.86. The van der Waals surface area contributed by atoms with Crippen LogP contribution < -0.4 is 5.32 Å². The predicted octanol–water partition coefficient (Wildman–Crippen LogP) is 4.60. The lowest BCUT2D eigenvalue weighted by molar-refractivity contribution is -0.384. The summed E-state index contributed by atoms with van der Waals surface area (Å²) in [6.45, 7) is 4.01. The number of carbonyl (C=O) groups is 1. The van der Waals surface area contributed by atoms with Gasteiger partial charge in [-0.2, -0.15) is 0 Å². The van der Waals surface area contributed by atoms with Gasteiger partial charge < -0.3 is 5.32 Å². The Morgan fingerprint density at radius 2 is 2.05 bits per heavy atom. The summed E-state index contributed by atoms with van der Waals surface area (Å²) in [7, 11) is 0. The quantitative estimate of drug-likeness (QED) is 0.450. The third kappa shape index (κ3) is 5.17. The predicted molar refractivity (Wildman–Crippen MR) is 84.2 cm³/mol. The van der Waals surface area contributed by atoms with Crippen molar-refractivity contribution in [1.82, 2.24) is 5.32 Å². The number of nitro groups is 1. The maximum absolute atomic E-state index is 12.1. The van der Waals surface area contributed by atoms with Gasteiger partial charge in [-0.25, -0.2) is 0 Å². The zero-order valence-corrected chi connectivity index (χ0v) is 13.5. The van der Waals surface area contributed by atoms with Crippen LogP contribution in [-0.2, 0) is 0 Å². The second kappa shape index (κ2) is 8.20. The number of unbranched alkanes of at least 4 members (excludes halogenated alkanes) is 2. The molecule has 0 fully saturated rings. The van der Waals surface area contributed by atoms with Gasteiger partial charge in [0.15, 0.2) is 0 Å². The minimum Gasteiger partial charge on any atom is -0.350 e. The molecule has 1 amide bonds. The van der Waals surface area contributed by atoms with Crippen LogP contribution in [0.4, 0.5) is 5.69 Å². The molecule has 1 rings (SSSR count). The van der Waals surface area contributed by atoms with Crippen molar-refractivity contribution in [1.29, 1.82) is 0 Å². The van der Waals surface area contributed by atoms with E-state index >= 15 is 0 Å². The van der Waals surface area contributed by atoms with E-state index in [1.54, 1.807) is 0 Å². The number of nitrogens with one attached hydrogen (secondary N) is 1. The van der Waals surface area contributed by atoms with Gasteiger partial charge in [0.2, 0.25) is 0 Å². The van der Waals surface area contributed by atoms with Gasteiger partial charge in [-0.05, 0) is 19.4 Å². The molecule has 0 aromatic heterocycles. The Labute approximate surface area is 133 Å². The van der Waals surface area contributed by atoms with Gasteiger partial charge in [-0.1, -0.05) is 49.4 Å². The van der Waals surface area contributed by atoms with E-state index in [1.165, 1.54) is 6.07 Å². The number of hydrogen-bond donors (Lipinski definition) is 1. The molecule has 5 nitrogen and oxygen atoms in total. The highest BCUT2D eigenvalue weighted by molar-refractivity contribution is 6.43. The van der Waals surface area contributed by atoms with Crippen molar-refractivity contribution in [2.24, 2.45) is 0 Å². The lowest BCUT2D eigenvalue weighted by Crippen LogP contribution is -2.32. The van der Waals surface area contributed by atoms with E-state index in [0.717, 1.165) is 31.7 Å². The number of carbonyl (C=O) groups excluding carboxylic acids is 1. The molecule has 0 radical (unpaired) electrons. The summed E-state index contributed by atoms with van der Waals surface area (Å²) in [5, 5.41) is 13.5. The smallest absolute Gasteiger partial charge is 0.290 e. The van der Waals surface area contributed by atoms with E-state index in [2.05, 4.69) is 12.2 Å². The molecule has 0 saturated heterocycles. The highest BCUT2D eigenvalue weighted by Crippen LogP contribution is 2.33. The number of benzene rings is 1. The van der Waals surface area contributed by atoms with Crippen LogP contribution in [0.2, 0.25) is 10.0 Å². The van der Waals surface area contributed by atoms with Crippen LogP contribution in [0.5, 0.6) is 0 Å². The molecule has 116 valence electrons. The SMILES string of the molecule is CCCCCC(C)NC(=O)c1cc(Cl)c(Cl)c([N+](=O)[O-])c1. The van der Waals surface area contributed by atoms with Gasteiger partial charge in [-0.3, -0.25) is 14.9 Å². The van der Waals surface area contributed by atoms with E-state index in [0.29, 0.717) is 0 Å². The molecule has 1 atom stereocenters. The van der Waals surface area contributed by atoms with Gasteiger partial charge >= 0.3 is 0 Å². The van der Waals surface area contributed by atoms with Gasteiger partial charge in [0.1, 0.15) is 5.02 Å². The zero-order valence-electron chi connectivity index (χ0n) is 12.0. The second-order valence-electron chi connectivity index (χ2n) is 4.92. The molecule has 0 bridgehead atoms. The molecule has 0 aliphatic rings. The fraction of sp³-hybridized carbons (Fsp3) is 0.500. The van der Waals surface area contributed by atoms with Gasteiger partial charge in [0.25, 0.3) is 11.6 Å². The number of halogens is 2. The molecule has 0 saturated carbocycles. The topological polar surface area (TPSA) is 72.2 Å². The lowest BCUT2D eigenvalue weighted by Gasteiger charge is -2.14. The third-order valence-corrected chi connectivity index (χ3v) is 3.88. The molecular formula is C14H18Cl2N2O3. The van der Waals surface area contributed by atoms with Crippen LogP contribution in [-0.4, -0.2) is 16.9 Å². The van der Waals surface area contributed by atoms with Crippen molar-refractivity contribution < 1.29 is 9.72 Å². The van der Waals surface area contributed by atoms with Crippen LogP contribution >= 0.6 is 23.2 Å². The molecule has 0 aliphatic carbocycles. The summed E-state index contributed by atoms with van der Waals surface area (Å²) >= 11 is 11.6. The maximum Gasteiger partial charge on any atom is 0.290 e. The van der Waals surface area contributed by atoms with Crippen LogP contribution in [0, 0.1) is 10.1 Å². The minimum atomic E-state index is -0.657. The first-order valence-corrected chi connectivity index (χ1v) is 7.56. The Balaban J connectivity index is 2.81. The van der Waals surface area contributed by atoms with Crippen molar-refractivity contribution in [2.45, 2.75) is 45.6 Å². The normalized spacial score (nSPS) is 12.0. The van der Waals surface area contributed by atoms with Crippen molar-refractivity contribution in [3.05, 3.63) is 37.9 Å². The van der Waals surface area contributed by atoms with Gasteiger partial charge in [-0.15, -0.1) is 0 Å². The zero-order chi connectivity index (χ0) is 16.0. The average molecular weight is 333 g/mol. The highest BCUT2D eigenvalue weighted by atomic mass is 35.5. The first kappa shape index (κ1) is 17.7. The Hall–Kier alpha value is -1.33. The molecule has 1 N–H and O–H groups in total. The van der Waals surface area contributed by atoms with Crippen LogP contribution in [0.3, 0.4) is 0 Å². The number of hydrogen-bond acceptors (Lipinski definition) is 3. The number of nitrogens with zero attached hydrogens (tertiary/aromatic N) is 1. The number of rotatable bonds is 7. The molecule has 1 aromatic carbocycles. The van der Waals surface area contributed by atoms with Crippen molar-refractivity contribution in [3.63, 3.8) is 0 Å². The molecule has 1 unspecified atom stereocenters. The monoisotopic (exact) mass is 332 g/mol. The maximum atomic E-state index is 12.1. The summed E-state index contributed by atoms with van der Waals surface area (Å²) in [4.78, 5) is 22.3. The number of nitro benzene ring substituents is 1. The molecule has 0 aliphatic heterocycles. The van der Waals surface area contributed by atoms with Gasteiger partial charge in [0.05, 0.1) is 9.95 Å². The standard InChI is InChI=1S/C14H18Cl2N2O3/c1-3-4-5-6-9(2)17-14(19)10-7-11(15)13(16)12(8-10)18(20)21/h7-9H,3-6H2,1-2H3,(H,17,19). The Morgan fingerprint density at radius 1 is 1.38 bits per heavy atom. The summed E-state index contributed by atoms with van der Waals surface area (Å²) in [6.07, 6.45) is 4.11. The molecule has 7 heteroatoms. The van der Waals surface area contributed by atoms with E-state index in [1.807, 2.05) is 6.92 Å². The second-order valence-corrected chi connectivity index (χ2v) is 5.70. The van der Waals surface area contributed by atoms with Crippen LogP contribution in [0.15, 0.2) is 12.1 Å². The summed E-state index contributed by atoms with van der Waals surface area (Å²) in [5.74, 6) is -0.388. The van der Waals surface area contributed by atoms with Crippen LogP contribution in [0.1, 0.15) is 49.9 Å². The Morgan fingerprint density at radius 3 is 2.62 bits per heavy atom. The summed E-state index contributed by atoms with van der Waals surface area (Å²) < 4.78 is 0. The Bertz CT molecular complexity index is 535. The molecule has 21 heavy (non-hydrogen) atoms. The molecule has 0 spiro atoms. The largest absolute Gasteiger partial charge is 0.350 e. The van der Waals surface area contributed by atoms with Crippen LogP contribution in [0.25, 0.3) is 0 Å². The van der Waals surface area contributed by atoms with E-state index < -0.39 is 4.92 Å². The Kier molecular flexibility index (Phi) is 6.92. The highest BCUT2D eigenvalue weighted by Gasteiger charge is 2.20. The van der Waals surface area contributed by atoms with Crippen molar-refractivity contribution in [3.8, 4) is 0 Å². The summed E-state index contributed by atoms with van der Waals surface area (Å²) in [6, 6.07) is 2.48. The molecule has 1 aromatic rings. The molecular weight excluding hydrogens is 315 g/mol. The molecule has 0 heterocycles. The van der Waals surface area contributed by atoms with E-state index in [4.69, 9.17) is 23.2 Å². The summed E-state index contributed by atoms with van der Waals surface area (Å²) in [5.41, 5.74) is -0.230.